The van der Waals surface area contributed by atoms with E-state index < -0.39 is 10.0 Å². The second-order valence-electron chi connectivity index (χ2n) is 6.37. The van der Waals surface area contributed by atoms with E-state index in [0.29, 0.717) is 22.6 Å². The Morgan fingerprint density at radius 2 is 1.69 bits per heavy atom. The van der Waals surface area contributed by atoms with Crippen LogP contribution in [0.1, 0.15) is 31.9 Å². The van der Waals surface area contributed by atoms with Gasteiger partial charge in [0.1, 0.15) is 11.5 Å². The number of methoxy groups -OCH3 is 2. The minimum absolute atomic E-state index is 0.187. The third-order valence-corrected chi connectivity index (χ3v) is 6.05. The molecule has 26 heavy (non-hydrogen) atoms. The maximum atomic E-state index is 12.9. The molecule has 7 heteroatoms. The molecule has 0 heterocycles. The van der Waals surface area contributed by atoms with Gasteiger partial charge in [-0.05, 0) is 64.2 Å². The van der Waals surface area contributed by atoms with Crippen molar-refractivity contribution in [3.05, 3.63) is 52.5 Å². The fourth-order valence-electron chi connectivity index (χ4n) is 2.63. The molecule has 0 bridgehead atoms. The van der Waals surface area contributed by atoms with E-state index in [2.05, 4.69) is 34.5 Å². The van der Waals surface area contributed by atoms with Crippen LogP contribution in [0.4, 0.5) is 0 Å². The summed E-state index contributed by atoms with van der Waals surface area (Å²) in [5.41, 5.74) is 0.899. The number of sulfonamides is 1. The Balaban J connectivity index is 2.32. The monoisotopic (exact) mass is 441 g/mol. The lowest BCUT2D eigenvalue weighted by Gasteiger charge is -2.21. The highest BCUT2D eigenvalue weighted by Crippen LogP contribution is 2.29. The van der Waals surface area contributed by atoms with Crippen molar-refractivity contribution in [2.45, 2.75) is 31.2 Å². The van der Waals surface area contributed by atoms with E-state index in [1.54, 1.807) is 19.2 Å². The van der Waals surface area contributed by atoms with E-state index in [1.807, 2.05) is 24.3 Å². The molecule has 2 aromatic rings. The fourth-order valence-corrected chi connectivity index (χ4v) is 4.58. The van der Waals surface area contributed by atoms with E-state index in [9.17, 15) is 8.42 Å². The summed E-state index contributed by atoms with van der Waals surface area (Å²) in [6.07, 6.45) is 0.683. The highest BCUT2D eigenvalue weighted by molar-refractivity contribution is 9.10. The van der Waals surface area contributed by atoms with Crippen LogP contribution < -0.4 is 14.2 Å². The van der Waals surface area contributed by atoms with Gasteiger partial charge in [-0.1, -0.05) is 26.0 Å². The first-order valence-corrected chi connectivity index (χ1v) is 10.5. The van der Waals surface area contributed by atoms with Crippen LogP contribution in [0.2, 0.25) is 0 Å². The second kappa shape index (κ2) is 8.88. The largest absolute Gasteiger partial charge is 0.497 e. The van der Waals surface area contributed by atoms with Gasteiger partial charge < -0.3 is 9.47 Å². The molecule has 0 spiro atoms. The minimum atomic E-state index is -3.68. The van der Waals surface area contributed by atoms with Crippen LogP contribution >= 0.6 is 15.9 Å². The molecule has 2 aromatic carbocycles. The van der Waals surface area contributed by atoms with Crippen LogP contribution in [-0.4, -0.2) is 22.6 Å². The number of ether oxygens (including phenoxy) is 2. The summed E-state index contributed by atoms with van der Waals surface area (Å²) in [4.78, 5) is 0.187. The van der Waals surface area contributed by atoms with Gasteiger partial charge in [-0.3, -0.25) is 0 Å². The molecule has 0 aliphatic rings. The molecule has 1 atom stereocenters. The Kier molecular flexibility index (Phi) is 7.08. The van der Waals surface area contributed by atoms with Crippen molar-refractivity contribution >= 4 is 26.0 Å². The first-order valence-electron chi connectivity index (χ1n) is 8.26. The molecule has 0 saturated heterocycles. The molecule has 0 saturated carbocycles. The topological polar surface area (TPSA) is 64.6 Å². The summed E-state index contributed by atoms with van der Waals surface area (Å²) in [6, 6.07) is 11.8. The van der Waals surface area contributed by atoms with E-state index in [0.717, 1.165) is 11.3 Å². The van der Waals surface area contributed by atoms with Crippen LogP contribution in [-0.2, 0) is 10.0 Å². The standard InChI is InChI=1S/C19H24BrNO4S/c1-13(2)11-18(14-5-7-15(24-3)8-6-14)21-26(22,23)16-9-10-19(25-4)17(20)12-16/h5-10,12-13,18,21H,11H2,1-4H3/t18-/m0/s1. The van der Waals surface area contributed by atoms with E-state index >= 15 is 0 Å². The third-order valence-electron chi connectivity index (χ3n) is 3.96. The van der Waals surface area contributed by atoms with Crippen molar-refractivity contribution in [1.82, 2.24) is 4.72 Å². The quantitative estimate of drug-likeness (QED) is 0.653. The fraction of sp³-hybridized carbons (Fsp3) is 0.368. The van der Waals surface area contributed by atoms with Crippen LogP contribution in [0, 0.1) is 5.92 Å². The summed E-state index contributed by atoms with van der Waals surface area (Å²) < 4.78 is 39.5. The molecule has 5 nitrogen and oxygen atoms in total. The van der Waals surface area contributed by atoms with Crippen LogP contribution in [0.15, 0.2) is 51.8 Å². The Labute approximate surface area is 163 Å². The summed E-state index contributed by atoms with van der Waals surface area (Å²) in [6.45, 7) is 4.13. The maximum Gasteiger partial charge on any atom is 0.241 e. The van der Waals surface area contributed by atoms with E-state index in [4.69, 9.17) is 9.47 Å². The van der Waals surface area contributed by atoms with Gasteiger partial charge in [0.25, 0.3) is 0 Å². The molecule has 2 rings (SSSR count). The lowest BCUT2D eigenvalue weighted by atomic mass is 9.98. The van der Waals surface area contributed by atoms with E-state index in [-0.39, 0.29) is 10.9 Å². The van der Waals surface area contributed by atoms with Gasteiger partial charge in [-0.2, -0.15) is 0 Å². The van der Waals surface area contributed by atoms with Gasteiger partial charge in [0.2, 0.25) is 10.0 Å². The van der Waals surface area contributed by atoms with Gasteiger partial charge in [0.15, 0.2) is 0 Å². The SMILES string of the molecule is COc1ccc([C@H](CC(C)C)NS(=O)(=O)c2ccc(OC)c(Br)c2)cc1. The van der Waals surface area contributed by atoms with Crippen LogP contribution in [0.3, 0.4) is 0 Å². The molecule has 0 radical (unpaired) electrons. The van der Waals surface area contributed by atoms with Crippen molar-refractivity contribution in [1.29, 1.82) is 0 Å². The summed E-state index contributed by atoms with van der Waals surface area (Å²) >= 11 is 3.34. The molecule has 1 N–H and O–H groups in total. The van der Waals surface area contributed by atoms with Crippen molar-refractivity contribution in [2.75, 3.05) is 14.2 Å². The van der Waals surface area contributed by atoms with Gasteiger partial charge >= 0.3 is 0 Å². The molecular weight excluding hydrogens is 418 g/mol. The Hall–Kier alpha value is -1.57. The Morgan fingerprint density at radius 3 is 2.19 bits per heavy atom. The molecule has 142 valence electrons. The average Bonchev–Trinajstić information content (AvgIpc) is 2.60. The van der Waals surface area contributed by atoms with Crippen LogP contribution in [0.5, 0.6) is 11.5 Å². The van der Waals surface area contributed by atoms with Crippen molar-refractivity contribution in [3.63, 3.8) is 0 Å². The zero-order valence-corrected chi connectivity index (χ0v) is 17.7. The molecule has 0 fully saturated rings. The minimum Gasteiger partial charge on any atom is -0.497 e. The van der Waals surface area contributed by atoms with Crippen molar-refractivity contribution in [3.8, 4) is 11.5 Å². The van der Waals surface area contributed by atoms with Gasteiger partial charge in [-0.25, -0.2) is 13.1 Å². The smallest absolute Gasteiger partial charge is 0.241 e. The Bertz CT molecular complexity index is 835. The molecule has 0 aliphatic heterocycles. The molecule has 0 aromatic heterocycles. The normalized spacial score (nSPS) is 12.8. The number of halogens is 1. The molecule has 0 amide bonds. The zero-order valence-electron chi connectivity index (χ0n) is 15.3. The Morgan fingerprint density at radius 1 is 1.04 bits per heavy atom. The summed E-state index contributed by atoms with van der Waals surface area (Å²) in [7, 11) is -0.545. The predicted octanol–water partition coefficient (Wildman–Crippen LogP) is 4.53. The number of nitrogens with one attached hydrogen (secondary N) is 1. The van der Waals surface area contributed by atoms with Gasteiger partial charge in [0.05, 0.1) is 23.6 Å². The molecular formula is C19H24BrNO4S. The van der Waals surface area contributed by atoms with Crippen molar-refractivity contribution in [2.24, 2.45) is 5.92 Å². The highest BCUT2D eigenvalue weighted by Gasteiger charge is 2.23. The number of hydrogen-bond acceptors (Lipinski definition) is 4. The summed E-state index contributed by atoms with van der Waals surface area (Å²) in [5.74, 6) is 1.64. The zero-order chi connectivity index (χ0) is 19.3. The summed E-state index contributed by atoms with van der Waals surface area (Å²) in [5, 5.41) is 0. The first-order chi connectivity index (χ1) is 12.3. The molecule has 0 unspecified atom stereocenters. The predicted molar refractivity (Wildman–Crippen MR) is 106 cm³/mol. The average molecular weight is 442 g/mol. The lowest BCUT2D eigenvalue weighted by Crippen LogP contribution is -2.29. The van der Waals surface area contributed by atoms with Crippen molar-refractivity contribution < 1.29 is 17.9 Å². The van der Waals surface area contributed by atoms with Gasteiger partial charge in [-0.15, -0.1) is 0 Å². The highest BCUT2D eigenvalue weighted by atomic mass is 79.9. The number of hydrogen-bond donors (Lipinski definition) is 1. The second-order valence-corrected chi connectivity index (χ2v) is 8.94. The first kappa shape index (κ1) is 20.7. The number of rotatable bonds is 8. The maximum absolute atomic E-state index is 12.9. The van der Waals surface area contributed by atoms with Gasteiger partial charge in [0, 0.05) is 6.04 Å². The van der Waals surface area contributed by atoms with Crippen LogP contribution in [0.25, 0.3) is 0 Å². The number of benzene rings is 2. The lowest BCUT2D eigenvalue weighted by molar-refractivity contribution is 0.411. The molecule has 0 aliphatic carbocycles. The third kappa shape index (κ3) is 5.22. The van der Waals surface area contributed by atoms with E-state index in [1.165, 1.54) is 13.2 Å².